The van der Waals surface area contributed by atoms with E-state index in [4.69, 9.17) is 9.47 Å². The van der Waals surface area contributed by atoms with Gasteiger partial charge in [-0.05, 0) is 36.4 Å². The number of hydrogen-bond acceptors (Lipinski definition) is 4. The summed E-state index contributed by atoms with van der Waals surface area (Å²) in [5, 5.41) is 0. The van der Waals surface area contributed by atoms with Gasteiger partial charge in [-0.2, -0.15) is 0 Å². The number of nitrogens with one attached hydrogen (secondary N) is 2. The summed E-state index contributed by atoms with van der Waals surface area (Å²) in [6, 6.07) is 14.3. The monoisotopic (exact) mass is 404 g/mol. The van der Waals surface area contributed by atoms with Gasteiger partial charge in [0.1, 0.15) is 11.5 Å². The number of carbonyl (C=O) groups excluding carboxylic acids is 2. The Balaban J connectivity index is 1.76. The second-order valence-corrected chi connectivity index (χ2v) is 5.77. The predicted molar refractivity (Wildman–Crippen MR) is 98.0 cm³/mol. The van der Waals surface area contributed by atoms with Crippen LogP contribution in [0, 0.1) is 0 Å². The largest absolute Gasteiger partial charge is 0.496 e. The summed E-state index contributed by atoms with van der Waals surface area (Å²) in [5.41, 5.74) is 5.31. The van der Waals surface area contributed by atoms with Crippen LogP contribution in [0.5, 0.6) is 11.5 Å². The van der Waals surface area contributed by atoms with E-state index in [9.17, 15) is 9.59 Å². The van der Waals surface area contributed by atoms with E-state index in [1.807, 2.05) is 18.2 Å². The minimum Gasteiger partial charge on any atom is -0.496 e. The molecule has 0 saturated heterocycles. The second kappa shape index (κ2) is 9.48. The number of halogens is 1. The SMILES string of the molecule is COc1ccccc1/C=C/C(=O)NNC(=O)COc1ccc(Br)cc1. The standard InChI is InChI=1S/C18H17BrN2O4/c1-24-16-5-3-2-4-13(16)6-11-17(22)20-21-18(23)12-25-15-9-7-14(19)8-10-15/h2-11H,12H2,1H3,(H,20,22)(H,21,23)/b11-6+. The van der Waals surface area contributed by atoms with Crippen molar-refractivity contribution >= 4 is 33.8 Å². The normalized spacial score (nSPS) is 10.3. The highest BCUT2D eigenvalue weighted by Gasteiger charge is 2.04. The van der Waals surface area contributed by atoms with Crippen molar-refractivity contribution in [2.75, 3.05) is 13.7 Å². The molecule has 6 nitrogen and oxygen atoms in total. The van der Waals surface area contributed by atoms with Crippen molar-refractivity contribution in [1.82, 2.24) is 10.9 Å². The third-order valence-electron chi connectivity index (χ3n) is 3.06. The molecule has 0 atom stereocenters. The van der Waals surface area contributed by atoms with Crippen LogP contribution in [0.1, 0.15) is 5.56 Å². The van der Waals surface area contributed by atoms with Crippen LogP contribution in [0.15, 0.2) is 59.1 Å². The minimum absolute atomic E-state index is 0.210. The predicted octanol–water partition coefficient (Wildman–Crippen LogP) is 2.70. The molecule has 0 unspecified atom stereocenters. The van der Waals surface area contributed by atoms with Crippen molar-refractivity contribution in [1.29, 1.82) is 0 Å². The molecule has 0 heterocycles. The smallest absolute Gasteiger partial charge is 0.276 e. The van der Waals surface area contributed by atoms with Crippen LogP contribution >= 0.6 is 15.9 Å². The van der Waals surface area contributed by atoms with E-state index >= 15 is 0 Å². The molecule has 25 heavy (non-hydrogen) atoms. The molecule has 2 rings (SSSR count). The number of ether oxygens (including phenoxy) is 2. The molecule has 2 N–H and O–H groups in total. The Bertz CT molecular complexity index is 760. The zero-order chi connectivity index (χ0) is 18.1. The van der Waals surface area contributed by atoms with E-state index < -0.39 is 11.8 Å². The van der Waals surface area contributed by atoms with Crippen LogP contribution in [-0.4, -0.2) is 25.5 Å². The molecule has 0 radical (unpaired) electrons. The van der Waals surface area contributed by atoms with E-state index in [2.05, 4.69) is 26.8 Å². The summed E-state index contributed by atoms with van der Waals surface area (Å²) in [6.07, 6.45) is 2.90. The van der Waals surface area contributed by atoms with Gasteiger partial charge >= 0.3 is 0 Å². The lowest BCUT2D eigenvalue weighted by Gasteiger charge is -2.08. The molecular formula is C18H17BrN2O4. The zero-order valence-electron chi connectivity index (χ0n) is 13.5. The van der Waals surface area contributed by atoms with Crippen LogP contribution < -0.4 is 20.3 Å². The maximum Gasteiger partial charge on any atom is 0.276 e. The van der Waals surface area contributed by atoms with Gasteiger partial charge in [-0.25, -0.2) is 0 Å². The molecule has 0 aliphatic carbocycles. The molecule has 2 aromatic carbocycles. The first kappa shape index (κ1) is 18.5. The molecule has 2 amide bonds. The Hall–Kier alpha value is -2.80. The summed E-state index contributed by atoms with van der Waals surface area (Å²) in [7, 11) is 1.55. The molecule has 0 saturated carbocycles. The Labute approximate surface area is 153 Å². The van der Waals surface area contributed by atoms with Gasteiger partial charge in [-0.15, -0.1) is 0 Å². The van der Waals surface area contributed by atoms with E-state index in [0.29, 0.717) is 11.5 Å². The highest BCUT2D eigenvalue weighted by atomic mass is 79.9. The van der Waals surface area contributed by atoms with Gasteiger partial charge in [0.05, 0.1) is 7.11 Å². The maximum absolute atomic E-state index is 11.7. The Kier molecular flexibility index (Phi) is 7.03. The first-order valence-electron chi connectivity index (χ1n) is 7.37. The average molecular weight is 405 g/mol. The lowest BCUT2D eigenvalue weighted by Crippen LogP contribution is -2.43. The third-order valence-corrected chi connectivity index (χ3v) is 3.59. The van der Waals surface area contributed by atoms with E-state index in [1.54, 1.807) is 43.5 Å². The molecule has 0 aliphatic rings. The molecule has 0 bridgehead atoms. The summed E-state index contributed by atoms with van der Waals surface area (Å²) in [6.45, 7) is -0.210. The van der Waals surface area contributed by atoms with Crippen molar-refractivity contribution < 1.29 is 19.1 Å². The lowest BCUT2D eigenvalue weighted by molar-refractivity contribution is -0.128. The summed E-state index contributed by atoms with van der Waals surface area (Å²) in [4.78, 5) is 23.4. The number of carbonyl (C=O) groups is 2. The number of hydrogen-bond donors (Lipinski definition) is 2. The molecule has 0 fully saturated rings. The van der Waals surface area contributed by atoms with Crippen LogP contribution in [0.25, 0.3) is 6.08 Å². The first-order valence-corrected chi connectivity index (χ1v) is 8.16. The van der Waals surface area contributed by atoms with E-state index in [1.165, 1.54) is 6.08 Å². The Morgan fingerprint density at radius 3 is 2.52 bits per heavy atom. The Morgan fingerprint density at radius 2 is 1.80 bits per heavy atom. The molecule has 2 aromatic rings. The number of para-hydroxylation sites is 1. The van der Waals surface area contributed by atoms with Crippen LogP contribution in [0.2, 0.25) is 0 Å². The van der Waals surface area contributed by atoms with Crippen molar-refractivity contribution in [2.45, 2.75) is 0 Å². The fraction of sp³-hybridized carbons (Fsp3) is 0.111. The number of hydrazine groups is 1. The van der Waals surface area contributed by atoms with Gasteiger partial charge in [0.15, 0.2) is 6.61 Å². The zero-order valence-corrected chi connectivity index (χ0v) is 15.1. The number of methoxy groups -OCH3 is 1. The highest BCUT2D eigenvalue weighted by Crippen LogP contribution is 2.18. The van der Waals surface area contributed by atoms with Crippen LogP contribution in [0.4, 0.5) is 0 Å². The quantitative estimate of drug-likeness (QED) is 0.573. The van der Waals surface area contributed by atoms with Crippen LogP contribution in [-0.2, 0) is 9.59 Å². The summed E-state index contributed by atoms with van der Waals surface area (Å²) >= 11 is 3.31. The number of benzene rings is 2. The Morgan fingerprint density at radius 1 is 1.08 bits per heavy atom. The minimum atomic E-state index is -0.470. The van der Waals surface area contributed by atoms with Crippen molar-refractivity contribution in [3.8, 4) is 11.5 Å². The molecule has 7 heteroatoms. The van der Waals surface area contributed by atoms with Gasteiger partial charge in [-0.1, -0.05) is 34.1 Å². The third kappa shape index (κ3) is 6.31. The van der Waals surface area contributed by atoms with Crippen molar-refractivity contribution in [3.63, 3.8) is 0 Å². The van der Waals surface area contributed by atoms with E-state index in [0.717, 1.165) is 10.0 Å². The van der Waals surface area contributed by atoms with Crippen molar-refractivity contribution in [3.05, 3.63) is 64.6 Å². The molecule has 0 spiro atoms. The number of rotatable bonds is 6. The van der Waals surface area contributed by atoms with Crippen LogP contribution in [0.3, 0.4) is 0 Å². The van der Waals surface area contributed by atoms with Gasteiger partial charge in [-0.3, -0.25) is 20.4 Å². The second-order valence-electron chi connectivity index (χ2n) is 4.86. The average Bonchev–Trinajstić information content (AvgIpc) is 2.64. The molecule has 130 valence electrons. The first-order chi connectivity index (χ1) is 12.1. The van der Waals surface area contributed by atoms with Gasteiger partial charge in [0.25, 0.3) is 11.8 Å². The number of amides is 2. The van der Waals surface area contributed by atoms with Gasteiger partial charge in [0, 0.05) is 16.1 Å². The highest BCUT2D eigenvalue weighted by molar-refractivity contribution is 9.10. The van der Waals surface area contributed by atoms with Gasteiger partial charge < -0.3 is 9.47 Å². The molecular weight excluding hydrogens is 388 g/mol. The fourth-order valence-electron chi connectivity index (χ4n) is 1.86. The maximum atomic E-state index is 11.7. The van der Waals surface area contributed by atoms with E-state index in [-0.39, 0.29) is 6.61 Å². The lowest BCUT2D eigenvalue weighted by atomic mass is 10.2. The summed E-state index contributed by atoms with van der Waals surface area (Å²) < 4.78 is 11.4. The molecule has 0 aliphatic heterocycles. The summed E-state index contributed by atoms with van der Waals surface area (Å²) in [5.74, 6) is 0.268. The topological polar surface area (TPSA) is 76.7 Å². The van der Waals surface area contributed by atoms with Gasteiger partial charge in [0.2, 0.25) is 0 Å². The molecule has 0 aromatic heterocycles. The fourth-order valence-corrected chi connectivity index (χ4v) is 2.12. The van der Waals surface area contributed by atoms with Crippen molar-refractivity contribution in [2.24, 2.45) is 0 Å².